The zero-order chi connectivity index (χ0) is 9.78. The SMILES string of the molecule is CC(C)(C#N)CC[C@@H](N)C(=O)O. The van der Waals surface area contributed by atoms with E-state index in [2.05, 4.69) is 6.07 Å². The molecule has 0 spiro atoms. The molecule has 0 saturated heterocycles. The van der Waals surface area contributed by atoms with E-state index in [9.17, 15) is 4.79 Å². The summed E-state index contributed by atoms with van der Waals surface area (Å²) in [6.45, 7) is 3.53. The van der Waals surface area contributed by atoms with Gasteiger partial charge in [0.05, 0.1) is 11.5 Å². The average Bonchev–Trinajstić information content (AvgIpc) is 2.00. The van der Waals surface area contributed by atoms with Crippen LogP contribution in [0.1, 0.15) is 26.7 Å². The van der Waals surface area contributed by atoms with Gasteiger partial charge in [-0.05, 0) is 26.7 Å². The van der Waals surface area contributed by atoms with Gasteiger partial charge in [0.15, 0.2) is 0 Å². The van der Waals surface area contributed by atoms with Gasteiger partial charge in [-0.3, -0.25) is 4.79 Å². The Hall–Kier alpha value is -1.08. The minimum Gasteiger partial charge on any atom is -0.480 e. The van der Waals surface area contributed by atoms with Crippen LogP contribution < -0.4 is 5.73 Å². The van der Waals surface area contributed by atoms with Gasteiger partial charge in [0.2, 0.25) is 0 Å². The highest BCUT2D eigenvalue weighted by atomic mass is 16.4. The number of hydrogen-bond acceptors (Lipinski definition) is 3. The molecule has 0 amide bonds. The van der Waals surface area contributed by atoms with Gasteiger partial charge in [-0.2, -0.15) is 5.26 Å². The van der Waals surface area contributed by atoms with E-state index in [-0.39, 0.29) is 0 Å². The quantitative estimate of drug-likeness (QED) is 0.651. The summed E-state index contributed by atoms with van der Waals surface area (Å²) in [5, 5.41) is 17.1. The van der Waals surface area contributed by atoms with Gasteiger partial charge >= 0.3 is 5.97 Å². The smallest absolute Gasteiger partial charge is 0.320 e. The maximum absolute atomic E-state index is 10.3. The lowest BCUT2D eigenvalue weighted by Gasteiger charge is -2.15. The van der Waals surface area contributed by atoms with Gasteiger partial charge < -0.3 is 10.8 Å². The molecule has 0 aliphatic carbocycles. The molecule has 1 atom stereocenters. The van der Waals surface area contributed by atoms with Crippen LogP contribution in [0.4, 0.5) is 0 Å². The molecule has 0 heterocycles. The normalized spacial score (nSPS) is 13.5. The molecule has 0 aromatic carbocycles. The summed E-state index contributed by atoms with van der Waals surface area (Å²) in [5.41, 5.74) is 4.79. The number of nitrogens with two attached hydrogens (primary N) is 1. The lowest BCUT2D eigenvalue weighted by atomic mass is 9.88. The maximum atomic E-state index is 10.3. The second-order valence-electron chi connectivity index (χ2n) is 3.48. The molecule has 0 aliphatic rings. The first-order valence-corrected chi connectivity index (χ1v) is 3.79. The molecule has 0 bridgehead atoms. The zero-order valence-corrected chi connectivity index (χ0v) is 7.37. The topological polar surface area (TPSA) is 87.1 Å². The number of nitrogens with zero attached hydrogens (tertiary/aromatic N) is 1. The van der Waals surface area contributed by atoms with E-state index in [0.717, 1.165) is 0 Å². The summed E-state index contributed by atoms with van der Waals surface area (Å²) in [6, 6.07) is 1.24. The van der Waals surface area contributed by atoms with Crippen molar-refractivity contribution in [2.75, 3.05) is 0 Å². The zero-order valence-electron chi connectivity index (χ0n) is 7.37. The third-order valence-electron chi connectivity index (χ3n) is 1.70. The molecule has 0 unspecified atom stereocenters. The number of carboxylic acid groups (broad SMARTS) is 1. The molecule has 0 saturated carbocycles. The minimum atomic E-state index is -1.01. The summed E-state index contributed by atoms with van der Waals surface area (Å²) >= 11 is 0. The summed E-state index contributed by atoms with van der Waals surface area (Å²) in [7, 11) is 0. The van der Waals surface area contributed by atoms with Gasteiger partial charge in [-0.15, -0.1) is 0 Å². The largest absolute Gasteiger partial charge is 0.480 e. The van der Waals surface area contributed by atoms with Crippen LogP contribution in [-0.2, 0) is 4.79 Å². The Balaban J connectivity index is 3.85. The Morgan fingerprint density at radius 3 is 2.58 bits per heavy atom. The maximum Gasteiger partial charge on any atom is 0.320 e. The molecule has 0 aromatic rings. The lowest BCUT2D eigenvalue weighted by molar-refractivity contribution is -0.138. The van der Waals surface area contributed by atoms with Gasteiger partial charge in [0.1, 0.15) is 6.04 Å². The molecule has 0 aromatic heterocycles. The molecule has 12 heavy (non-hydrogen) atoms. The molecule has 0 rings (SSSR count). The fourth-order valence-corrected chi connectivity index (χ4v) is 0.696. The summed E-state index contributed by atoms with van der Waals surface area (Å²) in [5.74, 6) is -1.01. The number of aliphatic carboxylic acids is 1. The average molecular weight is 170 g/mol. The predicted octanol–water partition coefficient (Wildman–Crippen LogP) is 0.728. The number of carboxylic acids is 1. The Morgan fingerprint density at radius 2 is 2.25 bits per heavy atom. The van der Waals surface area contributed by atoms with Crippen LogP contribution in [0, 0.1) is 16.7 Å². The fourth-order valence-electron chi connectivity index (χ4n) is 0.696. The molecule has 4 heteroatoms. The monoisotopic (exact) mass is 170 g/mol. The van der Waals surface area contributed by atoms with Gasteiger partial charge in [-0.25, -0.2) is 0 Å². The third-order valence-corrected chi connectivity index (χ3v) is 1.70. The van der Waals surface area contributed by atoms with Crippen LogP contribution in [0.3, 0.4) is 0 Å². The van der Waals surface area contributed by atoms with Crippen molar-refractivity contribution in [3.8, 4) is 6.07 Å². The Morgan fingerprint density at radius 1 is 1.75 bits per heavy atom. The standard InChI is InChI=1S/C8H14N2O2/c1-8(2,5-9)4-3-6(10)7(11)12/h6H,3-4,10H2,1-2H3,(H,11,12)/t6-/m1/s1. The van der Waals surface area contributed by atoms with E-state index < -0.39 is 17.4 Å². The highest BCUT2D eigenvalue weighted by molar-refractivity contribution is 5.72. The van der Waals surface area contributed by atoms with E-state index in [1.54, 1.807) is 13.8 Å². The van der Waals surface area contributed by atoms with Crippen LogP contribution in [0.5, 0.6) is 0 Å². The van der Waals surface area contributed by atoms with Crippen molar-refractivity contribution in [3.05, 3.63) is 0 Å². The first kappa shape index (κ1) is 10.9. The number of rotatable bonds is 4. The molecule has 0 aliphatic heterocycles. The second kappa shape index (κ2) is 4.07. The van der Waals surface area contributed by atoms with Crippen molar-refractivity contribution in [3.63, 3.8) is 0 Å². The van der Waals surface area contributed by atoms with Gasteiger partial charge in [0.25, 0.3) is 0 Å². The van der Waals surface area contributed by atoms with E-state index in [0.29, 0.717) is 12.8 Å². The van der Waals surface area contributed by atoms with E-state index in [1.807, 2.05) is 0 Å². The molecule has 3 N–H and O–H groups in total. The predicted molar refractivity (Wildman–Crippen MR) is 44.2 cm³/mol. The first-order valence-electron chi connectivity index (χ1n) is 3.79. The van der Waals surface area contributed by atoms with Crippen molar-refractivity contribution in [1.29, 1.82) is 5.26 Å². The van der Waals surface area contributed by atoms with Crippen LogP contribution >= 0.6 is 0 Å². The highest BCUT2D eigenvalue weighted by Gasteiger charge is 2.20. The molecular formula is C8H14N2O2. The minimum absolute atomic E-state index is 0.343. The van der Waals surface area contributed by atoms with E-state index >= 15 is 0 Å². The first-order chi connectivity index (χ1) is 5.39. The van der Waals surface area contributed by atoms with Crippen molar-refractivity contribution in [2.24, 2.45) is 11.1 Å². The molecule has 68 valence electrons. The van der Waals surface area contributed by atoms with Crippen molar-refractivity contribution in [2.45, 2.75) is 32.7 Å². The van der Waals surface area contributed by atoms with Crippen LogP contribution in [0.2, 0.25) is 0 Å². The molecular weight excluding hydrogens is 156 g/mol. The summed E-state index contributed by atoms with van der Waals surface area (Å²) < 4.78 is 0. The van der Waals surface area contributed by atoms with Crippen molar-refractivity contribution in [1.82, 2.24) is 0 Å². The number of nitriles is 1. The lowest BCUT2D eigenvalue weighted by Crippen LogP contribution is -2.31. The van der Waals surface area contributed by atoms with E-state index in [1.165, 1.54) is 0 Å². The Bertz CT molecular complexity index is 206. The second-order valence-corrected chi connectivity index (χ2v) is 3.48. The van der Waals surface area contributed by atoms with Crippen LogP contribution in [0.25, 0.3) is 0 Å². The Kier molecular flexibility index (Phi) is 3.71. The highest BCUT2D eigenvalue weighted by Crippen LogP contribution is 2.21. The van der Waals surface area contributed by atoms with Crippen LogP contribution in [-0.4, -0.2) is 17.1 Å². The fraction of sp³-hybridized carbons (Fsp3) is 0.750. The van der Waals surface area contributed by atoms with Gasteiger partial charge in [0, 0.05) is 0 Å². The third kappa shape index (κ3) is 3.94. The van der Waals surface area contributed by atoms with Crippen molar-refractivity contribution < 1.29 is 9.90 Å². The van der Waals surface area contributed by atoms with Crippen molar-refractivity contribution >= 4 is 5.97 Å². The Labute approximate surface area is 72.0 Å². The molecule has 4 nitrogen and oxygen atoms in total. The molecule has 0 radical (unpaired) electrons. The van der Waals surface area contributed by atoms with Crippen LogP contribution in [0.15, 0.2) is 0 Å². The summed E-state index contributed by atoms with van der Waals surface area (Å²) in [6.07, 6.45) is 0.854. The van der Waals surface area contributed by atoms with Gasteiger partial charge in [-0.1, -0.05) is 0 Å². The molecule has 0 fully saturated rings. The number of carbonyl (C=O) groups is 1. The number of hydrogen-bond donors (Lipinski definition) is 2. The summed E-state index contributed by atoms with van der Waals surface area (Å²) in [4.78, 5) is 10.3. The van der Waals surface area contributed by atoms with E-state index in [4.69, 9.17) is 16.1 Å².